The Labute approximate surface area is 155 Å². The number of likely N-dealkylation sites (tertiary alicyclic amines) is 1. The molecule has 3 rings (SSSR count). The molecule has 0 N–H and O–H groups in total. The van der Waals surface area contributed by atoms with Crippen LogP contribution in [0.25, 0.3) is 6.08 Å². The van der Waals surface area contributed by atoms with Crippen molar-refractivity contribution >= 4 is 27.4 Å². The summed E-state index contributed by atoms with van der Waals surface area (Å²) < 4.78 is 17.5. The number of piperidine rings is 1. The maximum atomic E-state index is 13.0. The van der Waals surface area contributed by atoms with Gasteiger partial charge in [0.25, 0.3) is 0 Å². The Morgan fingerprint density at radius 3 is 2.38 bits per heavy atom. The van der Waals surface area contributed by atoms with Gasteiger partial charge in [0.15, 0.2) is 0 Å². The van der Waals surface area contributed by atoms with Gasteiger partial charge in [-0.2, -0.15) is 4.36 Å². The van der Waals surface area contributed by atoms with E-state index >= 15 is 0 Å². The largest absolute Gasteiger partial charge is 0.339 e. The number of hydrogen-bond acceptors (Lipinski definition) is 3. The van der Waals surface area contributed by atoms with E-state index in [1.54, 1.807) is 18.4 Å². The molecule has 26 heavy (non-hydrogen) atoms. The first-order valence-electron chi connectivity index (χ1n) is 8.89. The van der Waals surface area contributed by atoms with E-state index in [0.717, 1.165) is 31.5 Å². The summed E-state index contributed by atoms with van der Waals surface area (Å²) in [5.74, 6) is 0.0276. The number of amides is 1. The molecule has 1 aliphatic rings. The highest BCUT2D eigenvalue weighted by molar-refractivity contribution is 7.93. The van der Waals surface area contributed by atoms with Crippen molar-refractivity contribution in [3.05, 3.63) is 66.2 Å². The third kappa shape index (κ3) is 4.61. The highest BCUT2D eigenvalue weighted by atomic mass is 32.2. The molecule has 1 amide bonds. The normalized spacial score (nSPS) is 17.0. The molecule has 1 atom stereocenters. The van der Waals surface area contributed by atoms with Gasteiger partial charge in [0.05, 0.1) is 15.4 Å². The van der Waals surface area contributed by atoms with E-state index in [9.17, 15) is 9.00 Å². The lowest BCUT2D eigenvalue weighted by atomic mass is 10.1. The van der Waals surface area contributed by atoms with Crippen molar-refractivity contribution in [2.45, 2.75) is 24.2 Å². The van der Waals surface area contributed by atoms with Crippen LogP contribution in [0.1, 0.15) is 24.8 Å². The van der Waals surface area contributed by atoms with Crippen LogP contribution in [0.15, 0.2) is 69.9 Å². The Kier molecular flexibility index (Phi) is 5.89. The first-order chi connectivity index (χ1) is 12.6. The number of rotatable bonds is 4. The smallest absolute Gasteiger partial charge is 0.246 e. The van der Waals surface area contributed by atoms with Gasteiger partial charge in [0.1, 0.15) is 0 Å². The van der Waals surface area contributed by atoms with E-state index < -0.39 is 9.73 Å². The summed E-state index contributed by atoms with van der Waals surface area (Å²) in [6.45, 7) is 1.65. The summed E-state index contributed by atoms with van der Waals surface area (Å²) in [6, 6.07) is 16.7. The predicted molar refractivity (Wildman–Crippen MR) is 107 cm³/mol. The Balaban J connectivity index is 1.87. The van der Waals surface area contributed by atoms with Crippen LogP contribution in [-0.4, -0.2) is 34.4 Å². The average molecular weight is 369 g/mol. The van der Waals surface area contributed by atoms with Crippen LogP contribution in [0.3, 0.4) is 0 Å². The molecule has 0 saturated carbocycles. The molecule has 1 saturated heterocycles. The average Bonchev–Trinajstić information content (AvgIpc) is 2.68. The second kappa shape index (κ2) is 8.32. The van der Waals surface area contributed by atoms with E-state index in [1.165, 1.54) is 6.42 Å². The fraction of sp³-hybridized carbons (Fsp3) is 0.286. The van der Waals surface area contributed by atoms with Crippen molar-refractivity contribution in [3.63, 3.8) is 0 Å². The van der Waals surface area contributed by atoms with Crippen LogP contribution in [0.4, 0.5) is 5.69 Å². The van der Waals surface area contributed by atoms with Crippen molar-refractivity contribution < 1.29 is 9.00 Å². The zero-order valence-corrected chi connectivity index (χ0v) is 15.8. The van der Waals surface area contributed by atoms with Crippen molar-refractivity contribution in [3.8, 4) is 0 Å². The molecule has 0 aromatic heterocycles. The molecular weight excluding hydrogens is 344 g/mol. The second-order valence-electron chi connectivity index (χ2n) is 6.48. The van der Waals surface area contributed by atoms with Crippen molar-refractivity contribution in [2.24, 2.45) is 4.36 Å². The Morgan fingerprint density at radius 2 is 1.65 bits per heavy atom. The van der Waals surface area contributed by atoms with Gasteiger partial charge >= 0.3 is 0 Å². The number of benzene rings is 2. The summed E-state index contributed by atoms with van der Waals surface area (Å²) in [7, 11) is -2.55. The fourth-order valence-corrected chi connectivity index (χ4v) is 4.31. The number of carbonyl (C=O) groups excluding carboxylic acids is 1. The van der Waals surface area contributed by atoms with Crippen molar-refractivity contribution in [1.29, 1.82) is 0 Å². The molecule has 1 heterocycles. The maximum Gasteiger partial charge on any atom is 0.246 e. The first-order valence-corrected chi connectivity index (χ1v) is 10.8. The molecule has 5 heteroatoms. The topological polar surface area (TPSA) is 49.7 Å². The van der Waals surface area contributed by atoms with Crippen molar-refractivity contribution in [2.75, 3.05) is 19.3 Å². The summed E-state index contributed by atoms with van der Waals surface area (Å²) in [4.78, 5) is 14.9. The van der Waals surface area contributed by atoms with E-state index in [0.29, 0.717) is 10.6 Å². The zero-order chi connectivity index (χ0) is 18.4. The standard InChI is InChI=1S/C21H24N2O2S/c1-26(25,19-11-4-2-5-12-19)22-20-13-7-6-10-18(20)14-15-21(24)23-16-8-3-9-17-23/h2,4-7,10-15H,3,8-9,16-17H2,1H3/b15-14+/t26-/m0/s1. The molecule has 2 aromatic rings. The van der Waals surface area contributed by atoms with E-state index in [1.807, 2.05) is 59.5 Å². The van der Waals surface area contributed by atoms with Crippen LogP contribution < -0.4 is 0 Å². The minimum atomic E-state index is -2.55. The van der Waals surface area contributed by atoms with Gasteiger partial charge in [-0.05, 0) is 43.5 Å². The summed E-state index contributed by atoms with van der Waals surface area (Å²) in [6.07, 6.45) is 8.35. The minimum Gasteiger partial charge on any atom is -0.339 e. The van der Waals surface area contributed by atoms with Gasteiger partial charge in [-0.25, -0.2) is 4.21 Å². The maximum absolute atomic E-state index is 13.0. The molecule has 0 unspecified atom stereocenters. The quantitative estimate of drug-likeness (QED) is 0.746. The monoisotopic (exact) mass is 368 g/mol. The molecule has 0 spiro atoms. The summed E-state index contributed by atoms with van der Waals surface area (Å²) in [5, 5.41) is 0. The van der Waals surface area contributed by atoms with Crippen LogP contribution in [0.2, 0.25) is 0 Å². The summed E-state index contributed by atoms with van der Waals surface area (Å²) >= 11 is 0. The first kappa shape index (κ1) is 18.4. The molecule has 136 valence electrons. The van der Waals surface area contributed by atoms with Gasteiger partial charge < -0.3 is 4.90 Å². The van der Waals surface area contributed by atoms with Crippen LogP contribution in [0, 0.1) is 0 Å². The lowest BCUT2D eigenvalue weighted by molar-refractivity contribution is -0.126. The zero-order valence-electron chi connectivity index (χ0n) is 15.0. The van der Waals surface area contributed by atoms with Crippen LogP contribution >= 0.6 is 0 Å². The highest BCUT2D eigenvalue weighted by Crippen LogP contribution is 2.24. The summed E-state index contributed by atoms with van der Waals surface area (Å²) in [5.41, 5.74) is 1.43. The lowest BCUT2D eigenvalue weighted by Crippen LogP contribution is -2.34. The third-order valence-corrected chi connectivity index (χ3v) is 6.15. The predicted octanol–water partition coefficient (Wildman–Crippen LogP) is 4.50. The molecule has 4 nitrogen and oxygen atoms in total. The molecule has 1 fully saturated rings. The molecule has 0 bridgehead atoms. The van der Waals surface area contributed by atoms with E-state index in [-0.39, 0.29) is 5.91 Å². The van der Waals surface area contributed by atoms with Crippen molar-refractivity contribution in [1.82, 2.24) is 4.90 Å². The van der Waals surface area contributed by atoms with Crippen LogP contribution in [-0.2, 0) is 14.5 Å². The van der Waals surface area contributed by atoms with Gasteiger partial charge in [-0.1, -0.05) is 36.4 Å². The number of carbonyl (C=O) groups is 1. The minimum absolute atomic E-state index is 0.0276. The molecule has 0 radical (unpaired) electrons. The second-order valence-corrected chi connectivity index (χ2v) is 8.74. The number of hydrogen-bond donors (Lipinski definition) is 0. The van der Waals surface area contributed by atoms with E-state index in [4.69, 9.17) is 0 Å². The van der Waals surface area contributed by atoms with E-state index in [2.05, 4.69) is 4.36 Å². The Hall–Kier alpha value is -2.40. The van der Waals surface area contributed by atoms with Gasteiger partial charge in [-0.15, -0.1) is 0 Å². The number of nitrogens with zero attached hydrogens (tertiary/aromatic N) is 2. The SMILES string of the molecule is C[S@@](=O)(=Nc1ccccc1/C=C/C(=O)N1CCCCC1)c1ccccc1. The van der Waals surface area contributed by atoms with Gasteiger partial charge in [-0.3, -0.25) is 4.79 Å². The fourth-order valence-electron chi connectivity index (χ4n) is 3.01. The van der Waals surface area contributed by atoms with Gasteiger partial charge in [0.2, 0.25) is 5.91 Å². The van der Waals surface area contributed by atoms with Crippen LogP contribution in [0.5, 0.6) is 0 Å². The Bertz CT molecular complexity index is 907. The lowest BCUT2D eigenvalue weighted by Gasteiger charge is -2.25. The molecule has 2 aromatic carbocycles. The Morgan fingerprint density at radius 1 is 1.00 bits per heavy atom. The third-order valence-electron chi connectivity index (χ3n) is 4.46. The van der Waals surface area contributed by atoms with Gasteiger partial charge in [0, 0.05) is 35.9 Å². The highest BCUT2D eigenvalue weighted by Gasteiger charge is 2.14. The molecular formula is C21H24N2O2S. The molecule has 0 aliphatic carbocycles. The molecule has 1 aliphatic heterocycles.